The molecular weight excluding hydrogens is 451 g/mol. The normalized spacial score (nSPS) is 12.1. The molecule has 0 amide bonds. The predicted octanol–water partition coefficient (Wildman–Crippen LogP) is 3.35. The number of halogens is 1. The van der Waals surface area contributed by atoms with Gasteiger partial charge in [-0.25, -0.2) is 0 Å². The Labute approximate surface area is 157 Å². The first-order valence-corrected chi connectivity index (χ1v) is 16.2. The van der Waals surface area contributed by atoms with Crippen molar-refractivity contribution in [2.45, 2.75) is 45.2 Å². The van der Waals surface area contributed by atoms with Crippen molar-refractivity contribution in [3.63, 3.8) is 0 Å². The lowest BCUT2D eigenvalue weighted by molar-refractivity contribution is 0.0620. The van der Waals surface area contributed by atoms with Gasteiger partial charge < -0.3 is 8.85 Å². The number of nitrogens with zero attached hydrogens (tertiary/aromatic N) is 2. The zero-order valence-electron chi connectivity index (χ0n) is 14.3. The molecule has 0 heterocycles. The summed E-state index contributed by atoms with van der Waals surface area (Å²) in [5.74, 6) is -0.277. The standard InChI is InChI=1S/C15H21IN2O2Si3/c1-22(2,3)19-15(20-23(4,5)6)21-14-8-12(10-18)11(9-17)7-13(14)16/h7-8,15H,1-6H3. The van der Waals surface area contributed by atoms with Gasteiger partial charge in [0.05, 0.1) is 11.1 Å². The summed E-state index contributed by atoms with van der Waals surface area (Å²) in [6, 6.07) is 7.73. The summed E-state index contributed by atoms with van der Waals surface area (Å²) in [5, 5.41) is 19.4. The minimum absolute atomic E-state index is 0.277. The molecule has 0 aliphatic carbocycles. The van der Waals surface area contributed by atoms with E-state index in [2.05, 4.69) is 74.0 Å². The smallest absolute Gasteiger partial charge is 0.186 e. The van der Waals surface area contributed by atoms with Crippen molar-refractivity contribution in [3.8, 4) is 12.1 Å². The fourth-order valence-corrected chi connectivity index (χ4v) is 7.42. The second kappa shape index (κ2) is 8.05. The average molecular weight is 473 g/mol. The van der Waals surface area contributed by atoms with Crippen LogP contribution in [0.15, 0.2) is 12.1 Å². The van der Waals surface area contributed by atoms with E-state index >= 15 is 0 Å². The Morgan fingerprint density at radius 2 is 1.39 bits per heavy atom. The molecule has 2 radical (unpaired) electrons. The van der Waals surface area contributed by atoms with E-state index in [9.17, 15) is 5.26 Å². The van der Waals surface area contributed by atoms with Crippen molar-refractivity contribution in [3.05, 3.63) is 26.8 Å². The summed E-state index contributed by atoms with van der Waals surface area (Å²) >= 11 is 2.21. The van der Waals surface area contributed by atoms with Gasteiger partial charge in [0.1, 0.15) is 18.1 Å². The minimum atomic E-state index is -1.75. The molecule has 0 aromatic heterocycles. The van der Waals surface area contributed by atoms with Crippen molar-refractivity contribution in [1.29, 1.82) is 10.5 Å². The molecule has 4 nitrogen and oxygen atoms in total. The zero-order chi connectivity index (χ0) is 17.8. The van der Waals surface area contributed by atoms with Crippen molar-refractivity contribution in [2.24, 2.45) is 0 Å². The quantitative estimate of drug-likeness (QED) is 0.362. The highest BCUT2D eigenvalue weighted by molar-refractivity contribution is 14.1. The molecule has 0 spiro atoms. The third kappa shape index (κ3) is 7.29. The van der Waals surface area contributed by atoms with Gasteiger partial charge in [0.15, 0.2) is 26.2 Å². The van der Waals surface area contributed by atoms with Crippen LogP contribution in [0.5, 0.6) is 0 Å². The molecule has 0 aliphatic rings. The maximum atomic E-state index is 9.22. The largest absolute Gasteiger partial charge is 0.397 e. The van der Waals surface area contributed by atoms with Gasteiger partial charge in [0, 0.05) is 3.57 Å². The van der Waals surface area contributed by atoms with Crippen LogP contribution in [0.4, 0.5) is 0 Å². The SMILES string of the molecule is C[Si](C)(C)OC(O[Si](C)(C)C)[Si]c1cc(C#N)c(C#N)cc1I. The molecule has 1 aromatic carbocycles. The Kier molecular flexibility index (Phi) is 7.19. The molecule has 8 heteroatoms. The first-order valence-electron chi connectivity index (χ1n) is 7.21. The number of nitriles is 2. The summed E-state index contributed by atoms with van der Waals surface area (Å²) in [6.07, 6.45) is 0. The molecule has 0 fully saturated rings. The summed E-state index contributed by atoms with van der Waals surface area (Å²) in [4.78, 5) is 0. The maximum absolute atomic E-state index is 9.22. The van der Waals surface area contributed by atoms with Gasteiger partial charge in [-0.1, -0.05) is 0 Å². The third-order valence-electron chi connectivity index (χ3n) is 2.54. The summed E-state index contributed by atoms with van der Waals surface area (Å²) in [5.41, 5.74) is 0.828. The van der Waals surface area contributed by atoms with Crippen molar-refractivity contribution < 1.29 is 8.85 Å². The van der Waals surface area contributed by atoms with E-state index in [0.29, 0.717) is 20.6 Å². The van der Waals surface area contributed by atoms with E-state index in [1.54, 1.807) is 12.1 Å². The number of benzene rings is 1. The lowest BCUT2D eigenvalue weighted by Crippen LogP contribution is -2.46. The second-order valence-electron chi connectivity index (χ2n) is 7.04. The van der Waals surface area contributed by atoms with Crippen LogP contribution in [-0.4, -0.2) is 32.1 Å². The van der Waals surface area contributed by atoms with Crippen LogP contribution in [0.1, 0.15) is 11.1 Å². The summed E-state index contributed by atoms with van der Waals surface area (Å²) < 4.78 is 13.4. The minimum Gasteiger partial charge on any atom is -0.397 e. The van der Waals surface area contributed by atoms with E-state index in [4.69, 9.17) is 14.1 Å². The fourth-order valence-electron chi connectivity index (χ4n) is 1.72. The number of hydrogen-bond donors (Lipinski definition) is 0. The molecule has 0 N–H and O–H groups in total. The molecule has 0 atom stereocenters. The van der Waals surface area contributed by atoms with E-state index in [1.165, 1.54) is 0 Å². The first-order chi connectivity index (χ1) is 10.4. The van der Waals surface area contributed by atoms with Gasteiger partial charge in [-0.2, -0.15) is 10.5 Å². The van der Waals surface area contributed by atoms with Gasteiger partial charge in [-0.15, -0.1) is 0 Å². The van der Waals surface area contributed by atoms with E-state index < -0.39 is 16.6 Å². The summed E-state index contributed by atoms with van der Waals surface area (Å²) in [6.45, 7) is 12.8. The van der Waals surface area contributed by atoms with Crippen molar-refractivity contribution >= 4 is 53.9 Å². The Balaban J connectivity index is 3.13. The highest BCUT2D eigenvalue weighted by Gasteiger charge is 2.28. The molecule has 0 aliphatic heterocycles. The Hall–Kier alpha value is -0.499. The Bertz CT molecular complexity index is 639. The van der Waals surface area contributed by atoms with E-state index in [0.717, 1.165) is 8.76 Å². The van der Waals surface area contributed by atoms with Crippen LogP contribution < -0.4 is 5.19 Å². The van der Waals surface area contributed by atoms with Crippen LogP contribution in [0, 0.1) is 26.2 Å². The molecule has 0 bridgehead atoms. The van der Waals surface area contributed by atoms with Crippen LogP contribution in [0.25, 0.3) is 0 Å². The van der Waals surface area contributed by atoms with Gasteiger partial charge in [0.25, 0.3) is 0 Å². The lowest BCUT2D eigenvalue weighted by atomic mass is 10.1. The molecule has 0 saturated carbocycles. The van der Waals surface area contributed by atoms with Crippen molar-refractivity contribution in [1.82, 2.24) is 0 Å². The zero-order valence-corrected chi connectivity index (χ0v) is 19.5. The fraction of sp³-hybridized carbons (Fsp3) is 0.467. The molecule has 122 valence electrons. The topological polar surface area (TPSA) is 66.0 Å². The van der Waals surface area contributed by atoms with Gasteiger partial charge >= 0.3 is 0 Å². The Morgan fingerprint density at radius 1 is 0.957 bits per heavy atom. The third-order valence-corrected chi connectivity index (χ3v) is 7.45. The highest BCUT2D eigenvalue weighted by Crippen LogP contribution is 2.16. The van der Waals surface area contributed by atoms with Crippen LogP contribution in [0.2, 0.25) is 39.3 Å². The molecule has 0 unspecified atom stereocenters. The molecule has 0 saturated heterocycles. The van der Waals surface area contributed by atoms with Crippen LogP contribution in [-0.2, 0) is 8.85 Å². The molecule has 23 heavy (non-hydrogen) atoms. The number of hydrogen-bond acceptors (Lipinski definition) is 4. The van der Waals surface area contributed by atoms with Crippen molar-refractivity contribution in [2.75, 3.05) is 0 Å². The van der Waals surface area contributed by atoms with Gasteiger partial charge in [-0.3, -0.25) is 0 Å². The van der Waals surface area contributed by atoms with E-state index in [-0.39, 0.29) is 5.91 Å². The van der Waals surface area contributed by atoms with Crippen LogP contribution in [0.3, 0.4) is 0 Å². The highest BCUT2D eigenvalue weighted by atomic mass is 127. The first kappa shape index (κ1) is 20.5. The van der Waals surface area contributed by atoms with Crippen LogP contribution >= 0.6 is 22.6 Å². The lowest BCUT2D eigenvalue weighted by Gasteiger charge is -2.31. The van der Waals surface area contributed by atoms with Gasteiger partial charge in [-0.05, 0) is 79.2 Å². The molecule has 1 aromatic rings. The second-order valence-corrected chi connectivity index (χ2v) is 18.4. The monoisotopic (exact) mass is 472 g/mol. The predicted molar refractivity (Wildman–Crippen MR) is 107 cm³/mol. The summed E-state index contributed by atoms with van der Waals surface area (Å²) in [7, 11) is -3.20. The number of rotatable bonds is 6. The van der Waals surface area contributed by atoms with Gasteiger partial charge in [0.2, 0.25) is 0 Å². The maximum Gasteiger partial charge on any atom is 0.186 e. The average Bonchev–Trinajstić information content (AvgIpc) is 2.36. The molecular formula is C15H21IN2O2Si3. The molecule has 1 rings (SSSR count). The van der Waals surface area contributed by atoms with E-state index in [1.807, 2.05) is 0 Å². The Morgan fingerprint density at radius 3 is 1.78 bits per heavy atom.